The lowest BCUT2D eigenvalue weighted by Crippen LogP contribution is -2.45. The molecular formula is C21H38ClN3O2. The van der Waals surface area contributed by atoms with E-state index in [-0.39, 0.29) is 30.3 Å². The van der Waals surface area contributed by atoms with E-state index in [0.29, 0.717) is 18.2 Å². The number of halogens is 1. The Bertz CT molecular complexity index is 466. The van der Waals surface area contributed by atoms with Gasteiger partial charge in [0, 0.05) is 31.5 Å². The van der Waals surface area contributed by atoms with Crippen molar-refractivity contribution in [2.45, 2.75) is 76.7 Å². The molecule has 156 valence electrons. The first kappa shape index (κ1) is 22.5. The van der Waals surface area contributed by atoms with Crippen LogP contribution in [0.3, 0.4) is 0 Å². The van der Waals surface area contributed by atoms with Crippen LogP contribution in [0.4, 0.5) is 0 Å². The molecule has 27 heavy (non-hydrogen) atoms. The molecule has 0 atom stereocenters. The molecule has 2 N–H and O–H groups in total. The third-order valence-electron chi connectivity index (χ3n) is 6.81. The molecule has 0 aromatic carbocycles. The minimum absolute atomic E-state index is 0. The molecule has 3 rings (SSSR count). The van der Waals surface area contributed by atoms with E-state index in [9.17, 15) is 9.59 Å². The summed E-state index contributed by atoms with van der Waals surface area (Å²) >= 11 is 0. The molecule has 0 aromatic heterocycles. The lowest BCUT2D eigenvalue weighted by molar-refractivity contribution is -0.138. The number of hydrogen-bond donors (Lipinski definition) is 2. The molecular weight excluding hydrogens is 362 g/mol. The van der Waals surface area contributed by atoms with Gasteiger partial charge in [0.2, 0.25) is 11.8 Å². The van der Waals surface area contributed by atoms with Gasteiger partial charge in [-0.1, -0.05) is 12.8 Å². The van der Waals surface area contributed by atoms with Crippen molar-refractivity contribution in [2.75, 3.05) is 26.7 Å². The van der Waals surface area contributed by atoms with Crippen molar-refractivity contribution in [2.24, 2.45) is 17.8 Å². The largest absolute Gasteiger partial charge is 0.353 e. The van der Waals surface area contributed by atoms with Crippen LogP contribution in [0.15, 0.2) is 0 Å². The second kappa shape index (κ2) is 11.3. The van der Waals surface area contributed by atoms with E-state index in [1.807, 2.05) is 7.05 Å². The quantitative estimate of drug-likeness (QED) is 0.721. The second-order valence-corrected chi connectivity index (χ2v) is 8.80. The molecule has 1 aliphatic heterocycles. The first-order chi connectivity index (χ1) is 12.7. The average molecular weight is 400 g/mol. The number of nitrogens with zero attached hydrogens (tertiary/aromatic N) is 1. The molecule has 6 heteroatoms. The standard InChI is InChI=1S/C21H37N3O2.ClH/c1-22-15-17-10-12-24(13-11-17)21(26)18-6-8-19(9-7-18)23-20(25)14-16-4-2-3-5-16;/h16-19,22H,2-15H2,1H3,(H,23,25);1H. The highest BCUT2D eigenvalue weighted by Crippen LogP contribution is 2.30. The highest BCUT2D eigenvalue weighted by Gasteiger charge is 2.32. The van der Waals surface area contributed by atoms with Gasteiger partial charge >= 0.3 is 0 Å². The van der Waals surface area contributed by atoms with E-state index in [2.05, 4.69) is 15.5 Å². The zero-order chi connectivity index (χ0) is 18.4. The van der Waals surface area contributed by atoms with Crippen LogP contribution in [0.25, 0.3) is 0 Å². The first-order valence-corrected chi connectivity index (χ1v) is 10.9. The van der Waals surface area contributed by atoms with Gasteiger partial charge in [-0.05, 0) is 76.8 Å². The van der Waals surface area contributed by atoms with Gasteiger partial charge in [0.05, 0.1) is 0 Å². The summed E-state index contributed by atoms with van der Waals surface area (Å²) in [7, 11) is 2.00. The predicted molar refractivity (Wildman–Crippen MR) is 111 cm³/mol. The van der Waals surface area contributed by atoms with E-state index in [1.165, 1.54) is 25.7 Å². The highest BCUT2D eigenvalue weighted by molar-refractivity contribution is 5.85. The average Bonchev–Trinajstić information content (AvgIpc) is 3.15. The maximum absolute atomic E-state index is 12.8. The Morgan fingerprint density at radius 1 is 0.889 bits per heavy atom. The minimum atomic E-state index is 0. The Labute approximate surface area is 170 Å². The smallest absolute Gasteiger partial charge is 0.225 e. The number of piperidine rings is 1. The van der Waals surface area contributed by atoms with Crippen LogP contribution in [0.1, 0.15) is 70.6 Å². The zero-order valence-electron chi connectivity index (χ0n) is 16.9. The maximum Gasteiger partial charge on any atom is 0.225 e. The topological polar surface area (TPSA) is 61.4 Å². The van der Waals surface area contributed by atoms with Crippen LogP contribution in [0.2, 0.25) is 0 Å². The molecule has 3 fully saturated rings. The molecule has 2 amide bonds. The molecule has 0 unspecified atom stereocenters. The van der Waals surface area contributed by atoms with Crippen molar-refractivity contribution in [3.05, 3.63) is 0 Å². The third-order valence-corrected chi connectivity index (χ3v) is 6.81. The number of carbonyl (C=O) groups excluding carboxylic acids is 2. The van der Waals surface area contributed by atoms with Gasteiger partial charge in [-0.3, -0.25) is 9.59 Å². The normalized spacial score (nSPS) is 27.2. The maximum atomic E-state index is 12.8. The van der Waals surface area contributed by atoms with Crippen molar-refractivity contribution >= 4 is 24.2 Å². The summed E-state index contributed by atoms with van der Waals surface area (Å²) in [6, 6.07) is 0.286. The molecule has 3 aliphatic rings. The Morgan fingerprint density at radius 3 is 2.11 bits per heavy atom. The molecule has 1 saturated heterocycles. The predicted octanol–water partition coefficient (Wildman–Crippen LogP) is 3.12. The first-order valence-electron chi connectivity index (χ1n) is 10.9. The molecule has 0 radical (unpaired) electrons. The summed E-state index contributed by atoms with van der Waals surface area (Å²) in [5.41, 5.74) is 0. The van der Waals surface area contributed by atoms with Crippen LogP contribution in [0.5, 0.6) is 0 Å². The van der Waals surface area contributed by atoms with Gasteiger partial charge in [0.1, 0.15) is 0 Å². The molecule has 1 heterocycles. The summed E-state index contributed by atoms with van der Waals surface area (Å²) in [5.74, 6) is 2.11. The van der Waals surface area contributed by atoms with E-state index < -0.39 is 0 Å². The lowest BCUT2D eigenvalue weighted by Gasteiger charge is -2.36. The number of likely N-dealkylation sites (tertiary alicyclic amines) is 1. The highest BCUT2D eigenvalue weighted by atomic mass is 35.5. The van der Waals surface area contributed by atoms with Gasteiger partial charge in [-0.15, -0.1) is 12.4 Å². The van der Waals surface area contributed by atoms with E-state index in [4.69, 9.17) is 0 Å². The van der Waals surface area contributed by atoms with Crippen LogP contribution < -0.4 is 10.6 Å². The second-order valence-electron chi connectivity index (χ2n) is 8.80. The molecule has 0 aromatic rings. The molecule has 2 aliphatic carbocycles. The molecule has 0 bridgehead atoms. The summed E-state index contributed by atoms with van der Waals surface area (Å²) in [6.45, 7) is 2.90. The fourth-order valence-electron chi connectivity index (χ4n) is 5.15. The van der Waals surface area contributed by atoms with Crippen LogP contribution in [0, 0.1) is 17.8 Å². The van der Waals surface area contributed by atoms with Crippen LogP contribution >= 0.6 is 12.4 Å². The van der Waals surface area contributed by atoms with Crippen molar-refractivity contribution in [3.63, 3.8) is 0 Å². The Kier molecular flexibility index (Phi) is 9.37. The van der Waals surface area contributed by atoms with Crippen LogP contribution in [-0.2, 0) is 9.59 Å². The van der Waals surface area contributed by atoms with Crippen LogP contribution in [-0.4, -0.2) is 49.4 Å². The van der Waals surface area contributed by atoms with Crippen molar-refractivity contribution in [1.82, 2.24) is 15.5 Å². The summed E-state index contributed by atoms with van der Waals surface area (Å²) < 4.78 is 0. The van der Waals surface area contributed by atoms with Gasteiger partial charge in [0.25, 0.3) is 0 Å². The van der Waals surface area contributed by atoms with E-state index >= 15 is 0 Å². The van der Waals surface area contributed by atoms with Crippen molar-refractivity contribution in [3.8, 4) is 0 Å². The zero-order valence-corrected chi connectivity index (χ0v) is 17.7. The summed E-state index contributed by atoms with van der Waals surface area (Å²) in [5, 5.41) is 6.48. The summed E-state index contributed by atoms with van der Waals surface area (Å²) in [6.07, 6.45) is 11.8. The van der Waals surface area contributed by atoms with E-state index in [1.54, 1.807) is 0 Å². The number of hydrogen-bond acceptors (Lipinski definition) is 3. The number of amides is 2. The third kappa shape index (κ3) is 6.63. The summed E-state index contributed by atoms with van der Waals surface area (Å²) in [4.78, 5) is 27.1. The Morgan fingerprint density at radius 2 is 1.52 bits per heavy atom. The fraction of sp³-hybridized carbons (Fsp3) is 0.905. The molecule has 0 spiro atoms. The number of rotatable bonds is 6. The van der Waals surface area contributed by atoms with Crippen molar-refractivity contribution in [1.29, 1.82) is 0 Å². The van der Waals surface area contributed by atoms with E-state index in [0.717, 1.165) is 64.1 Å². The Balaban J connectivity index is 0.00000261. The van der Waals surface area contributed by atoms with Crippen molar-refractivity contribution < 1.29 is 9.59 Å². The fourth-order valence-corrected chi connectivity index (χ4v) is 5.15. The molecule has 5 nitrogen and oxygen atoms in total. The number of nitrogens with one attached hydrogen (secondary N) is 2. The monoisotopic (exact) mass is 399 g/mol. The van der Waals surface area contributed by atoms with Gasteiger partial charge in [-0.2, -0.15) is 0 Å². The molecule has 2 saturated carbocycles. The van der Waals surface area contributed by atoms with Gasteiger partial charge in [-0.25, -0.2) is 0 Å². The SMILES string of the molecule is CNCC1CCN(C(=O)C2CCC(NC(=O)CC3CCCC3)CC2)CC1.Cl. The minimum Gasteiger partial charge on any atom is -0.353 e. The van der Waals surface area contributed by atoms with Gasteiger partial charge < -0.3 is 15.5 Å². The lowest BCUT2D eigenvalue weighted by atomic mass is 9.84. The Hall–Kier alpha value is -0.810. The van der Waals surface area contributed by atoms with Gasteiger partial charge in [0.15, 0.2) is 0 Å². The number of carbonyl (C=O) groups is 2.